The molecule has 8 heteroatoms. The van der Waals surface area contributed by atoms with E-state index in [0.717, 1.165) is 13.0 Å². The van der Waals surface area contributed by atoms with Crippen molar-refractivity contribution < 1.29 is 18.3 Å². The van der Waals surface area contributed by atoms with E-state index in [1.807, 2.05) is 7.05 Å². The van der Waals surface area contributed by atoms with Crippen LogP contribution in [0.4, 0.5) is 0 Å². The van der Waals surface area contributed by atoms with Gasteiger partial charge in [-0.3, -0.25) is 4.79 Å². The Bertz CT molecular complexity index is 439. The van der Waals surface area contributed by atoms with Crippen LogP contribution in [0.3, 0.4) is 0 Å². The van der Waals surface area contributed by atoms with E-state index in [4.69, 9.17) is 5.11 Å². The predicted octanol–water partition coefficient (Wildman–Crippen LogP) is 0.348. The Morgan fingerprint density at radius 1 is 1.48 bits per heavy atom. The Hall–Kier alpha value is -0.700. The monoisotopic (exact) mass is 321 g/mol. The van der Waals surface area contributed by atoms with Crippen molar-refractivity contribution in [1.82, 2.24) is 13.9 Å². The first-order valence-corrected chi connectivity index (χ1v) is 8.86. The first-order chi connectivity index (χ1) is 9.74. The van der Waals surface area contributed by atoms with Crippen LogP contribution in [0.1, 0.15) is 33.1 Å². The molecule has 0 saturated carbocycles. The molecule has 0 amide bonds. The molecule has 1 unspecified atom stereocenters. The van der Waals surface area contributed by atoms with Crippen molar-refractivity contribution in [3.63, 3.8) is 0 Å². The first kappa shape index (κ1) is 18.3. The summed E-state index contributed by atoms with van der Waals surface area (Å²) in [6, 6.07) is 0.431. The maximum Gasteiger partial charge on any atom is 0.307 e. The standard InChI is InChI=1S/C13H27N3O4S/c1-11(2)15(3)8-5-7-14-21(19,20)16-9-4-6-12(10-16)13(17)18/h11-12,14H,4-10H2,1-3H3,(H,17,18). The van der Waals surface area contributed by atoms with E-state index in [9.17, 15) is 13.2 Å². The molecule has 0 aromatic heterocycles. The lowest BCUT2D eigenvalue weighted by molar-refractivity contribution is -0.142. The van der Waals surface area contributed by atoms with Gasteiger partial charge in [0.15, 0.2) is 0 Å². The predicted molar refractivity (Wildman–Crippen MR) is 81.2 cm³/mol. The van der Waals surface area contributed by atoms with E-state index in [1.165, 1.54) is 4.31 Å². The second kappa shape index (κ2) is 8.07. The van der Waals surface area contributed by atoms with Crippen LogP contribution in [0.5, 0.6) is 0 Å². The maximum atomic E-state index is 12.1. The SMILES string of the molecule is CC(C)N(C)CCCNS(=O)(=O)N1CCCC(C(=O)O)C1. The van der Waals surface area contributed by atoms with Crippen LogP contribution >= 0.6 is 0 Å². The maximum absolute atomic E-state index is 12.1. The number of hydrogen-bond acceptors (Lipinski definition) is 4. The van der Waals surface area contributed by atoms with Gasteiger partial charge in [0, 0.05) is 25.7 Å². The number of carboxylic acid groups (broad SMARTS) is 1. The quantitative estimate of drug-likeness (QED) is 0.630. The normalized spacial score (nSPS) is 21.1. The number of rotatable bonds is 8. The molecule has 0 aromatic rings. The average Bonchev–Trinajstić information content (AvgIpc) is 2.43. The third-order valence-corrected chi connectivity index (χ3v) is 5.51. The van der Waals surface area contributed by atoms with Gasteiger partial charge in [-0.2, -0.15) is 12.7 Å². The second-order valence-electron chi connectivity index (χ2n) is 5.86. The van der Waals surface area contributed by atoms with Gasteiger partial charge < -0.3 is 10.0 Å². The van der Waals surface area contributed by atoms with E-state index in [0.29, 0.717) is 32.0 Å². The smallest absolute Gasteiger partial charge is 0.307 e. The molecule has 1 fully saturated rings. The molecule has 2 N–H and O–H groups in total. The van der Waals surface area contributed by atoms with Crippen molar-refractivity contribution >= 4 is 16.2 Å². The Morgan fingerprint density at radius 3 is 2.71 bits per heavy atom. The summed E-state index contributed by atoms with van der Waals surface area (Å²) in [5.74, 6) is -1.52. The summed E-state index contributed by atoms with van der Waals surface area (Å²) in [5.41, 5.74) is 0. The van der Waals surface area contributed by atoms with Crippen molar-refractivity contribution in [3.8, 4) is 0 Å². The highest BCUT2D eigenvalue weighted by atomic mass is 32.2. The van der Waals surface area contributed by atoms with Crippen molar-refractivity contribution in [2.24, 2.45) is 5.92 Å². The number of aliphatic carboxylic acids is 1. The van der Waals surface area contributed by atoms with Crippen molar-refractivity contribution in [2.75, 3.05) is 33.2 Å². The molecule has 1 aliphatic heterocycles. The van der Waals surface area contributed by atoms with Gasteiger partial charge in [-0.05, 0) is 46.7 Å². The molecule has 1 atom stereocenters. The van der Waals surface area contributed by atoms with Gasteiger partial charge in [-0.15, -0.1) is 0 Å². The molecular formula is C13H27N3O4S. The second-order valence-corrected chi connectivity index (χ2v) is 7.62. The topological polar surface area (TPSA) is 90.0 Å². The van der Waals surface area contributed by atoms with Gasteiger partial charge in [0.2, 0.25) is 0 Å². The summed E-state index contributed by atoms with van der Waals surface area (Å²) in [6.45, 7) is 5.82. The molecule has 7 nitrogen and oxygen atoms in total. The van der Waals surface area contributed by atoms with Gasteiger partial charge in [0.25, 0.3) is 10.2 Å². The summed E-state index contributed by atoms with van der Waals surface area (Å²) >= 11 is 0. The minimum atomic E-state index is -3.57. The average molecular weight is 321 g/mol. The van der Waals surface area contributed by atoms with Crippen LogP contribution < -0.4 is 4.72 Å². The number of piperidine rings is 1. The Balaban J connectivity index is 2.41. The lowest BCUT2D eigenvalue weighted by Crippen LogP contribution is -2.47. The molecule has 0 aromatic carbocycles. The zero-order valence-electron chi connectivity index (χ0n) is 13.1. The minimum Gasteiger partial charge on any atom is -0.481 e. The van der Waals surface area contributed by atoms with Crippen LogP contribution in [0.25, 0.3) is 0 Å². The highest BCUT2D eigenvalue weighted by molar-refractivity contribution is 7.87. The lowest BCUT2D eigenvalue weighted by Gasteiger charge is -2.30. The molecular weight excluding hydrogens is 294 g/mol. The van der Waals surface area contributed by atoms with Gasteiger partial charge in [0.05, 0.1) is 5.92 Å². The number of hydrogen-bond donors (Lipinski definition) is 2. The number of nitrogens with zero attached hydrogens (tertiary/aromatic N) is 2. The van der Waals surface area contributed by atoms with E-state index >= 15 is 0 Å². The molecule has 1 saturated heterocycles. The molecule has 0 radical (unpaired) electrons. The number of nitrogens with one attached hydrogen (secondary N) is 1. The molecule has 0 bridgehead atoms. The number of carbonyl (C=O) groups is 1. The van der Waals surface area contributed by atoms with Crippen LogP contribution in [-0.4, -0.2) is 68.0 Å². The first-order valence-electron chi connectivity index (χ1n) is 7.42. The molecule has 1 aliphatic rings. The molecule has 0 spiro atoms. The highest BCUT2D eigenvalue weighted by Crippen LogP contribution is 2.18. The molecule has 21 heavy (non-hydrogen) atoms. The van der Waals surface area contributed by atoms with Gasteiger partial charge >= 0.3 is 5.97 Å². The molecule has 1 rings (SSSR count). The van der Waals surface area contributed by atoms with E-state index in [1.54, 1.807) is 0 Å². The number of carboxylic acids is 1. The molecule has 1 heterocycles. The zero-order chi connectivity index (χ0) is 16.0. The third-order valence-electron chi connectivity index (χ3n) is 3.93. The van der Waals surface area contributed by atoms with Gasteiger partial charge in [-0.1, -0.05) is 0 Å². The fourth-order valence-corrected chi connectivity index (χ4v) is 3.57. The van der Waals surface area contributed by atoms with Crippen molar-refractivity contribution in [1.29, 1.82) is 0 Å². The van der Waals surface area contributed by atoms with E-state index in [2.05, 4.69) is 23.5 Å². The van der Waals surface area contributed by atoms with Crippen LogP contribution in [0.2, 0.25) is 0 Å². The van der Waals surface area contributed by atoms with E-state index < -0.39 is 22.1 Å². The van der Waals surface area contributed by atoms with E-state index in [-0.39, 0.29) is 6.54 Å². The van der Waals surface area contributed by atoms with Gasteiger partial charge in [0.1, 0.15) is 0 Å². The Kier molecular flexibility index (Phi) is 7.05. The Labute approximate surface area is 127 Å². The van der Waals surface area contributed by atoms with Gasteiger partial charge in [-0.25, -0.2) is 4.72 Å². The summed E-state index contributed by atoms with van der Waals surface area (Å²) in [6.07, 6.45) is 1.86. The summed E-state index contributed by atoms with van der Waals surface area (Å²) in [7, 11) is -1.57. The minimum absolute atomic E-state index is 0.0660. The largest absolute Gasteiger partial charge is 0.481 e. The van der Waals surface area contributed by atoms with Crippen molar-refractivity contribution in [3.05, 3.63) is 0 Å². The molecule has 124 valence electrons. The summed E-state index contributed by atoms with van der Waals surface area (Å²) in [5, 5.41) is 9.00. The summed E-state index contributed by atoms with van der Waals surface area (Å²) < 4.78 is 28.1. The summed E-state index contributed by atoms with van der Waals surface area (Å²) in [4.78, 5) is 13.1. The van der Waals surface area contributed by atoms with Crippen LogP contribution in [0, 0.1) is 5.92 Å². The molecule has 0 aliphatic carbocycles. The van der Waals surface area contributed by atoms with Crippen molar-refractivity contribution in [2.45, 2.75) is 39.2 Å². The third kappa shape index (κ3) is 5.90. The fourth-order valence-electron chi connectivity index (χ4n) is 2.24. The van der Waals surface area contributed by atoms with Crippen LogP contribution in [0.15, 0.2) is 0 Å². The zero-order valence-corrected chi connectivity index (χ0v) is 13.9. The van der Waals surface area contributed by atoms with Crippen LogP contribution in [-0.2, 0) is 15.0 Å². The fraction of sp³-hybridized carbons (Fsp3) is 0.923. The Morgan fingerprint density at radius 2 is 2.14 bits per heavy atom. The lowest BCUT2D eigenvalue weighted by atomic mass is 10.0. The highest BCUT2D eigenvalue weighted by Gasteiger charge is 2.31.